The quantitative estimate of drug-likeness (QED) is 0.601. The third-order valence-electron chi connectivity index (χ3n) is 4.24. The maximum Gasteiger partial charge on any atom is 0.336 e. The minimum atomic E-state index is -1.23. The van der Waals surface area contributed by atoms with E-state index in [1.165, 1.54) is 46.5 Å². The van der Waals surface area contributed by atoms with E-state index in [9.17, 15) is 9.59 Å². The molecule has 0 bridgehead atoms. The molecule has 4 heteroatoms. The van der Waals surface area contributed by atoms with Crippen LogP contribution < -0.4 is 0 Å². The van der Waals surface area contributed by atoms with Crippen LogP contribution in [0.25, 0.3) is 0 Å². The number of hydrogen-bond acceptors (Lipinski definition) is 2. The van der Waals surface area contributed by atoms with Gasteiger partial charge in [-0.3, -0.25) is 0 Å². The van der Waals surface area contributed by atoms with Crippen LogP contribution in [0.4, 0.5) is 0 Å². The first-order chi connectivity index (χ1) is 13.2. The first-order valence-corrected chi connectivity index (χ1v) is 8.84. The lowest BCUT2D eigenvalue weighted by Gasteiger charge is -1.98. The van der Waals surface area contributed by atoms with E-state index in [0.717, 1.165) is 0 Å². The largest absolute Gasteiger partial charge is 0.478 e. The molecule has 0 saturated carbocycles. The molecule has 0 fully saturated rings. The second kappa shape index (κ2) is 11.3. The van der Waals surface area contributed by atoms with Crippen LogP contribution in [0.15, 0.2) is 72.8 Å². The Hall–Kier alpha value is -3.40. The van der Waals surface area contributed by atoms with Gasteiger partial charge in [-0.2, -0.15) is 0 Å². The number of aryl methyl sites for hydroxylation is 4. The summed E-state index contributed by atoms with van der Waals surface area (Å²) in [6.45, 7) is 8.48. The monoisotopic (exact) mass is 378 g/mol. The minimum Gasteiger partial charge on any atom is -0.478 e. The van der Waals surface area contributed by atoms with Crippen molar-refractivity contribution in [2.75, 3.05) is 0 Å². The maximum atomic E-state index is 10.5. The predicted molar refractivity (Wildman–Crippen MR) is 112 cm³/mol. The molecule has 0 atom stereocenters. The van der Waals surface area contributed by atoms with Gasteiger partial charge in [0.15, 0.2) is 0 Å². The highest BCUT2D eigenvalue weighted by molar-refractivity contribution is 6.01. The molecular weight excluding hydrogens is 352 g/mol. The number of carboxylic acids is 2. The second-order valence-electron chi connectivity index (χ2n) is 6.32. The van der Waals surface area contributed by atoms with Gasteiger partial charge >= 0.3 is 11.9 Å². The van der Waals surface area contributed by atoms with Gasteiger partial charge in [0, 0.05) is 0 Å². The highest BCUT2D eigenvalue weighted by Gasteiger charge is 2.13. The van der Waals surface area contributed by atoms with Gasteiger partial charge in [0.05, 0.1) is 11.1 Å². The Morgan fingerprint density at radius 1 is 0.500 bits per heavy atom. The van der Waals surface area contributed by atoms with Crippen molar-refractivity contribution in [2.24, 2.45) is 0 Å². The smallest absolute Gasteiger partial charge is 0.336 e. The molecule has 0 amide bonds. The molecular formula is C24H26O4. The van der Waals surface area contributed by atoms with E-state index in [2.05, 4.69) is 76.2 Å². The maximum absolute atomic E-state index is 10.5. The van der Waals surface area contributed by atoms with Crippen LogP contribution in [0.5, 0.6) is 0 Å². The SMILES string of the molecule is Cc1ccccc1C.Cc1ccccc1C.O=C(O)c1ccccc1C(=O)O. The molecule has 0 saturated heterocycles. The number of rotatable bonds is 2. The fraction of sp³-hybridized carbons (Fsp3) is 0.167. The summed E-state index contributed by atoms with van der Waals surface area (Å²) in [5, 5.41) is 17.1. The summed E-state index contributed by atoms with van der Waals surface area (Å²) in [6, 6.07) is 22.2. The van der Waals surface area contributed by atoms with Crippen molar-refractivity contribution in [1.29, 1.82) is 0 Å². The molecule has 0 aromatic heterocycles. The number of hydrogen-bond donors (Lipinski definition) is 2. The Bertz CT molecular complexity index is 811. The van der Waals surface area contributed by atoms with E-state index in [-0.39, 0.29) is 11.1 Å². The molecule has 0 heterocycles. The van der Waals surface area contributed by atoms with Gasteiger partial charge in [-0.05, 0) is 62.1 Å². The lowest BCUT2D eigenvalue weighted by atomic mass is 10.1. The molecule has 0 unspecified atom stereocenters. The Balaban J connectivity index is 0.000000217. The van der Waals surface area contributed by atoms with Crippen LogP contribution in [0.1, 0.15) is 43.0 Å². The van der Waals surface area contributed by atoms with Crippen molar-refractivity contribution in [3.05, 3.63) is 106 Å². The molecule has 3 aromatic carbocycles. The summed E-state index contributed by atoms with van der Waals surface area (Å²) in [6.07, 6.45) is 0. The van der Waals surface area contributed by atoms with Crippen molar-refractivity contribution >= 4 is 11.9 Å². The van der Waals surface area contributed by atoms with Crippen LogP contribution in [-0.2, 0) is 0 Å². The van der Waals surface area contributed by atoms with Crippen molar-refractivity contribution in [1.82, 2.24) is 0 Å². The Morgan fingerprint density at radius 2 is 0.714 bits per heavy atom. The minimum absolute atomic E-state index is 0.190. The van der Waals surface area contributed by atoms with Gasteiger partial charge < -0.3 is 10.2 Å². The average Bonchev–Trinajstić information content (AvgIpc) is 2.67. The Morgan fingerprint density at radius 3 is 0.893 bits per heavy atom. The third-order valence-corrected chi connectivity index (χ3v) is 4.24. The summed E-state index contributed by atoms with van der Waals surface area (Å²) < 4.78 is 0. The fourth-order valence-corrected chi connectivity index (χ4v) is 2.18. The molecule has 0 radical (unpaired) electrons. The first-order valence-electron chi connectivity index (χ1n) is 8.84. The van der Waals surface area contributed by atoms with Crippen LogP contribution >= 0.6 is 0 Å². The van der Waals surface area contributed by atoms with Gasteiger partial charge in [-0.15, -0.1) is 0 Å². The van der Waals surface area contributed by atoms with Crippen LogP contribution in [-0.4, -0.2) is 22.2 Å². The summed E-state index contributed by atoms with van der Waals surface area (Å²) in [5.74, 6) is -2.46. The van der Waals surface area contributed by atoms with E-state index in [1.54, 1.807) is 0 Å². The highest BCUT2D eigenvalue weighted by atomic mass is 16.4. The summed E-state index contributed by atoms with van der Waals surface area (Å²) in [5.41, 5.74) is 5.09. The number of carboxylic acid groups (broad SMARTS) is 2. The highest BCUT2D eigenvalue weighted by Crippen LogP contribution is 2.08. The predicted octanol–water partition coefficient (Wildman–Crippen LogP) is 5.69. The molecule has 4 nitrogen and oxygen atoms in total. The van der Waals surface area contributed by atoms with Crippen molar-refractivity contribution in [2.45, 2.75) is 27.7 Å². The molecule has 28 heavy (non-hydrogen) atoms. The zero-order chi connectivity index (χ0) is 21.1. The second-order valence-corrected chi connectivity index (χ2v) is 6.32. The third kappa shape index (κ3) is 7.46. The van der Waals surface area contributed by atoms with Crippen molar-refractivity contribution in [3.63, 3.8) is 0 Å². The summed E-state index contributed by atoms with van der Waals surface area (Å²) >= 11 is 0. The molecule has 3 rings (SSSR count). The molecule has 0 aliphatic heterocycles. The van der Waals surface area contributed by atoms with Crippen LogP contribution in [0, 0.1) is 27.7 Å². The molecule has 0 spiro atoms. The van der Waals surface area contributed by atoms with E-state index >= 15 is 0 Å². The normalized spacial score (nSPS) is 9.29. The summed E-state index contributed by atoms with van der Waals surface area (Å²) in [7, 11) is 0. The molecule has 0 aliphatic carbocycles. The average molecular weight is 378 g/mol. The molecule has 2 N–H and O–H groups in total. The number of aromatic carboxylic acids is 2. The van der Waals surface area contributed by atoms with Crippen molar-refractivity contribution < 1.29 is 19.8 Å². The van der Waals surface area contributed by atoms with E-state index < -0.39 is 11.9 Å². The summed E-state index contributed by atoms with van der Waals surface area (Å²) in [4.78, 5) is 20.9. The van der Waals surface area contributed by atoms with E-state index in [4.69, 9.17) is 10.2 Å². The molecule has 0 aliphatic rings. The topological polar surface area (TPSA) is 74.6 Å². The fourth-order valence-electron chi connectivity index (χ4n) is 2.18. The Labute approximate surface area is 166 Å². The standard InChI is InChI=1S/C8H6O4.2C8H10/c9-7(10)5-3-1-2-4-6(5)8(11)12;2*1-7-5-3-4-6-8(7)2/h1-4H,(H,9,10)(H,11,12);2*3-6H,1-2H3. The van der Waals surface area contributed by atoms with Gasteiger partial charge in [-0.25, -0.2) is 9.59 Å². The van der Waals surface area contributed by atoms with Crippen molar-refractivity contribution in [3.8, 4) is 0 Å². The van der Waals surface area contributed by atoms with Crippen LogP contribution in [0.3, 0.4) is 0 Å². The number of benzene rings is 3. The number of carbonyl (C=O) groups is 2. The zero-order valence-electron chi connectivity index (χ0n) is 16.6. The molecule has 3 aromatic rings. The van der Waals surface area contributed by atoms with Gasteiger partial charge in [-0.1, -0.05) is 60.7 Å². The first kappa shape index (κ1) is 22.6. The van der Waals surface area contributed by atoms with Gasteiger partial charge in [0.2, 0.25) is 0 Å². The van der Waals surface area contributed by atoms with E-state index in [1.807, 2.05) is 0 Å². The van der Waals surface area contributed by atoms with Gasteiger partial charge in [0.25, 0.3) is 0 Å². The molecule has 146 valence electrons. The lowest BCUT2D eigenvalue weighted by molar-refractivity contribution is 0.0651. The van der Waals surface area contributed by atoms with E-state index in [0.29, 0.717) is 0 Å². The zero-order valence-corrected chi connectivity index (χ0v) is 16.6. The Kier molecular flexibility index (Phi) is 9.17. The van der Waals surface area contributed by atoms with Crippen LogP contribution in [0.2, 0.25) is 0 Å². The lowest BCUT2D eigenvalue weighted by Crippen LogP contribution is -2.06. The van der Waals surface area contributed by atoms with Gasteiger partial charge in [0.1, 0.15) is 0 Å².